The fourth-order valence-corrected chi connectivity index (χ4v) is 7.37. The molecule has 0 radical (unpaired) electrons. The van der Waals surface area contributed by atoms with Crippen LogP contribution in [0.3, 0.4) is 0 Å². The minimum atomic E-state index is 0.214. The van der Waals surface area contributed by atoms with E-state index < -0.39 is 0 Å². The summed E-state index contributed by atoms with van der Waals surface area (Å²) in [4.78, 5) is 20.0. The highest BCUT2D eigenvalue weighted by Crippen LogP contribution is 2.46. The van der Waals surface area contributed by atoms with Crippen LogP contribution in [0, 0.1) is 11.8 Å². The molecule has 1 aliphatic carbocycles. The third-order valence-corrected chi connectivity index (χ3v) is 10.4. The summed E-state index contributed by atoms with van der Waals surface area (Å²) in [6.45, 7) is 16.2. The Hall–Kier alpha value is -2.16. The molecule has 2 aromatic rings. The maximum atomic E-state index is 12.4. The molecule has 0 amide bonds. The zero-order valence-corrected chi connectivity index (χ0v) is 27.2. The minimum absolute atomic E-state index is 0.214. The molecule has 2 heterocycles. The van der Waals surface area contributed by atoms with Crippen LogP contribution in [-0.4, -0.2) is 23.9 Å². The van der Waals surface area contributed by atoms with E-state index in [4.69, 9.17) is 4.98 Å². The fourth-order valence-electron chi connectivity index (χ4n) is 7.37. The van der Waals surface area contributed by atoms with E-state index in [0.717, 1.165) is 62.6 Å². The van der Waals surface area contributed by atoms with Gasteiger partial charge in [-0.3, -0.25) is 4.79 Å². The van der Waals surface area contributed by atoms with Crippen molar-refractivity contribution in [2.75, 3.05) is 18.0 Å². The molecular weight excluding hydrogens is 500 g/mol. The third kappa shape index (κ3) is 8.23. The Balaban J connectivity index is 1.21. The summed E-state index contributed by atoms with van der Waals surface area (Å²) in [6.07, 6.45) is 16.6. The second kappa shape index (κ2) is 14.3. The van der Waals surface area contributed by atoms with Crippen LogP contribution in [0.2, 0.25) is 0 Å². The number of unbranched alkanes of at least 4 members (excludes halogenated alkanes) is 4. The zero-order valence-electron chi connectivity index (χ0n) is 27.2. The number of benzene rings is 1. The monoisotopic (exact) mass is 558 g/mol. The summed E-state index contributed by atoms with van der Waals surface area (Å²) in [5.41, 5.74) is 5.83. The Morgan fingerprint density at radius 3 is 2.29 bits per heavy atom. The van der Waals surface area contributed by atoms with E-state index in [1.807, 2.05) is 0 Å². The number of hydrogen-bond acceptors (Lipinski definition) is 3. The number of hydrogen-bond donors (Lipinski definition) is 0. The lowest BCUT2D eigenvalue weighted by atomic mass is 9.63. The first-order chi connectivity index (χ1) is 19.6. The molecule has 1 aliphatic heterocycles. The molecule has 3 heteroatoms. The van der Waals surface area contributed by atoms with Crippen molar-refractivity contribution in [3.8, 4) is 11.3 Å². The maximum absolute atomic E-state index is 12.4. The standard InChI is InChI=1S/C38H58N2O/c1-7-15-30(8-2)35(41)18-13-11-9-10-12-16-29-22-26-40(27-23-29)36-19-14-17-34(39-36)31-20-21-32-33(28-31)38(5,6)25-24-37(32,3)4/h14,17,19-21,28-30H,7-13,15-16,18,22-27H2,1-6H3. The zero-order chi connectivity index (χ0) is 29.5. The quantitative estimate of drug-likeness (QED) is 0.216. The summed E-state index contributed by atoms with van der Waals surface area (Å²) in [5.74, 6) is 2.81. The van der Waals surface area contributed by atoms with Crippen LogP contribution in [0.15, 0.2) is 36.4 Å². The van der Waals surface area contributed by atoms with Crippen LogP contribution in [0.1, 0.15) is 143 Å². The topological polar surface area (TPSA) is 33.2 Å². The van der Waals surface area contributed by atoms with Crippen molar-refractivity contribution in [1.29, 1.82) is 0 Å². The Labute approximate surface area is 251 Å². The Bertz CT molecular complexity index is 1120. The average Bonchev–Trinajstić information content (AvgIpc) is 2.98. The van der Waals surface area contributed by atoms with Gasteiger partial charge >= 0.3 is 0 Å². The highest BCUT2D eigenvalue weighted by atomic mass is 16.1. The number of aromatic nitrogens is 1. The van der Waals surface area contributed by atoms with Crippen LogP contribution in [0.5, 0.6) is 0 Å². The second-order valence-electron chi connectivity index (χ2n) is 14.5. The molecule has 4 rings (SSSR count). The number of rotatable bonds is 14. The highest BCUT2D eigenvalue weighted by Gasteiger charge is 2.37. The third-order valence-electron chi connectivity index (χ3n) is 10.4. The summed E-state index contributed by atoms with van der Waals surface area (Å²) < 4.78 is 0. The van der Waals surface area contributed by atoms with Crippen LogP contribution in [-0.2, 0) is 15.6 Å². The van der Waals surface area contributed by atoms with Crippen LogP contribution >= 0.6 is 0 Å². The van der Waals surface area contributed by atoms with Gasteiger partial charge in [-0.25, -0.2) is 4.98 Å². The van der Waals surface area contributed by atoms with Gasteiger partial charge < -0.3 is 4.90 Å². The number of carbonyl (C=O) groups excluding carboxylic acids is 1. The summed E-state index contributed by atoms with van der Waals surface area (Å²) in [6, 6.07) is 13.7. The molecule has 1 aromatic heterocycles. The minimum Gasteiger partial charge on any atom is -0.357 e. The lowest BCUT2D eigenvalue weighted by Gasteiger charge is -2.42. The lowest BCUT2D eigenvalue weighted by molar-refractivity contribution is -0.123. The van der Waals surface area contributed by atoms with Gasteiger partial charge in [-0.2, -0.15) is 0 Å². The van der Waals surface area contributed by atoms with Crippen LogP contribution in [0.25, 0.3) is 11.3 Å². The second-order valence-corrected chi connectivity index (χ2v) is 14.5. The molecule has 1 saturated heterocycles. The highest BCUT2D eigenvalue weighted by molar-refractivity contribution is 5.80. The molecule has 1 aromatic carbocycles. The maximum Gasteiger partial charge on any atom is 0.135 e. The Kier molecular flexibility index (Phi) is 11.1. The molecule has 1 fully saturated rings. The van der Waals surface area contributed by atoms with Gasteiger partial charge in [0.1, 0.15) is 11.6 Å². The van der Waals surface area contributed by atoms with Crippen molar-refractivity contribution in [3.63, 3.8) is 0 Å². The first-order valence-electron chi connectivity index (χ1n) is 17.0. The van der Waals surface area contributed by atoms with Crippen molar-refractivity contribution in [2.24, 2.45) is 11.8 Å². The Morgan fingerprint density at radius 1 is 0.902 bits per heavy atom. The molecular formula is C38H58N2O. The van der Waals surface area contributed by atoms with Gasteiger partial charge in [0.05, 0.1) is 5.69 Å². The van der Waals surface area contributed by atoms with Gasteiger partial charge in [-0.15, -0.1) is 0 Å². The van der Waals surface area contributed by atoms with Crippen molar-refractivity contribution in [2.45, 2.75) is 142 Å². The SMILES string of the molecule is CCCC(CC)C(=O)CCCCCCCC1CCN(c2cccc(-c3ccc4c(c3)C(C)(C)CCC4(C)C)n2)CC1. The first-order valence-corrected chi connectivity index (χ1v) is 17.0. The van der Waals surface area contributed by atoms with Gasteiger partial charge in [0, 0.05) is 31.0 Å². The largest absolute Gasteiger partial charge is 0.357 e. The molecule has 226 valence electrons. The first kappa shape index (κ1) is 31.8. The smallest absolute Gasteiger partial charge is 0.135 e. The van der Waals surface area contributed by atoms with Gasteiger partial charge in [-0.1, -0.05) is 98.3 Å². The Morgan fingerprint density at radius 2 is 1.59 bits per heavy atom. The molecule has 0 spiro atoms. The molecule has 1 unspecified atom stereocenters. The van der Waals surface area contributed by atoms with E-state index in [1.165, 1.54) is 74.5 Å². The molecule has 0 bridgehead atoms. The van der Waals surface area contributed by atoms with E-state index >= 15 is 0 Å². The van der Waals surface area contributed by atoms with E-state index in [9.17, 15) is 4.79 Å². The molecule has 1 atom stereocenters. The number of piperidine rings is 1. The molecule has 41 heavy (non-hydrogen) atoms. The van der Waals surface area contributed by atoms with Crippen molar-refractivity contribution < 1.29 is 4.79 Å². The predicted octanol–water partition coefficient (Wildman–Crippen LogP) is 10.4. The number of pyridine rings is 1. The van der Waals surface area contributed by atoms with Gasteiger partial charge in [0.15, 0.2) is 0 Å². The summed E-state index contributed by atoms with van der Waals surface area (Å²) in [5, 5.41) is 0. The van der Waals surface area contributed by atoms with Crippen LogP contribution in [0.4, 0.5) is 5.82 Å². The number of nitrogens with zero attached hydrogens (tertiary/aromatic N) is 2. The van der Waals surface area contributed by atoms with Crippen LogP contribution < -0.4 is 4.90 Å². The van der Waals surface area contributed by atoms with E-state index in [1.54, 1.807) is 0 Å². The van der Waals surface area contributed by atoms with Crippen molar-refractivity contribution >= 4 is 11.6 Å². The predicted molar refractivity (Wildman–Crippen MR) is 176 cm³/mol. The number of fused-ring (bicyclic) bond motifs is 1. The number of ketones is 1. The average molecular weight is 559 g/mol. The van der Waals surface area contributed by atoms with Gasteiger partial charge in [0.25, 0.3) is 0 Å². The van der Waals surface area contributed by atoms with E-state index in [-0.39, 0.29) is 10.8 Å². The van der Waals surface area contributed by atoms with E-state index in [2.05, 4.69) is 82.8 Å². The van der Waals surface area contributed by atoms with Gasteiger partial charge in [0.2, 0.25) is 0 Å². The number of anilines is 1. The lowest BCUT2D eigenvalue weighted by Crippen LogP contribution is -2.34. The van der Waals surface area contributed by atoms with Crippen molar-refractivity contribution in [3.05, 3.63) is 47.5 Å². The fraction of sp³-hybridized carbons (Fsp3) is 0.684. The molecule has 3 nitrogen and oxygen atoms in total. The normalized spacial score (nSPS) is 19.1. The number of Topliss-reactive ketones (excluding diaryl/α,β-unsaturated/α-hetero) is 1. The number of carbonyl (C=O) groups is 1. The molecule has 0 N–H and O–H groups in total. The summed E-state index contributed by atoms with van der Waals surface area (Å²) >= 11 is 0. The van der Waals surface area contributed by atoms with Crippen molar-refractivity contribution in [1.82, 2.24) is 4.98 Å². The van der Waals surface area contributed by atoms with Gasteiger partial charge in [-0.05, 0) is 91.0 Å². The summed E-state index contributed by atoms with van der Waals surface area (Å²) in [7, 11) is 0. The molecule has 0 saturated carbocycles. The van der Waals surface area contributed by atoms with E-state index in [0.29, 0.717) is 11.7 Å². The molecule has 2 aliphatic rings.